The molecule has 0 saturated carbocycles. The summed E-state index contributed by atoms with van der Waals surface area (Å²) in [4.78, 5) is 2.87. The van der Waals surface area contributed by atoms with Crippen molar-refractivity contribution in [3.63, 3.8) is 0 Å². The van der Waals surface area contributed by atoms with Crippen LogP contribution in [0.4, 0.5) is 26.3 Å². The van der Waals surface area contributed by atoms with Gasteiger partial charge in [0, 0.05) is 15.3 Å². The molecule has 0 aliphatic carbocycles. The van der Waals surface area contributed by atoms with Gasteiger partial charge in [-0.25, -0.2) is 4.98 Å². The van der Waals surface area contributed by atoms with Gasteiger partial charge in [0.15, 0.2) is 11.4 Å². The molecule has 1 aromatic heterocycles. The zero-order chi connectivity index (χ0) is 14.1. The summed E-state index contributed by atoms with van der Waals surface area (Å²) in [5.74, 6) is -1.52. The summed E-state index contributed by atoms with van der Waals surface area (Å²) < 4.78 is 76.8. The van der Waals surface area contributed by atoms with Gasteiger partial charge in [-0.2, -0.15) is 13.2 Å². The summed E-state index contributed by atoms with van der Waals surface area (Å²) in [5, 5.41) is 8.84. The molecule has 10 heteroatoms. The minimum atomic E-state index is -5.31. The van der Waals surface area contributed by atoms with Crippen molar-refractivity contribution in [2.24, 2.45) is 0 Å². The molecule has 0 unspecified atom stereocenters. The lowest BCUT2D eigenvalue weighted by Gasteiger charge is -2.17. The molecule has 1 aromatic rings. The molecule has 0 saturated heterocycles. The molecule has 1 heterocycles. The number of aromatic nitrogens is 1. The molecule has 1 N–H and O–H groups in total. The molecule has 18 heavy (non-hydrogen) atoms. The highest BCUT2D eigenvalue weighted by molar-refractivity contribution is 14.1. The monoisotopic (exact) mass is 387 g/mol. The second-order valence-electron chi connectivity index (χ2n) is 2.97. The normalized spacial score (nSPS) is 12.7. The van der Waals surface area contributed by atoms with Gasteiger partial charge in [0.05, 0.1) is 6.61 Å². The van der Waals surface area contributed by atoms with Crippen LogP contribution in [0.25, 0.3) is 0 Å². The Kier molecular flexibility index (Phi) is 4.30. The maximum atomic E-state index is 12.5. The van der Waals surface area contributed by atoms with Crippen LogP contribution in [-0.2, 0) is 12.8 Å². The van der Waals surface area contributed by atoms with Crippen LogP contribution in [0, 0.1) is 3.57 Å². The first-order chi connectivity index (χ1) is 8.06. The fourth-order valence-electron chi connectivity index (χ4n) is 1.08. The Bertz CT molecular complexity index is 444. The predicted molar refractivity (Wildman–Crippen MR) is 54.6 cm³/mol. The molecule has 3 nitrogen and oxygen atoms in total. The Labute approximate surface area is 110 Å². The first-order valence-electron chi connectivity index (χ1n) is 4.17. The van der Waals surface area contributed by atoms with Crippen molar-refractivity contribution >= 4 is 22.6 Å². The van der Waals surface area contributed by atoms with Crippen molar-refractivity contribution < 1.29 is 36.2 Å². The third-order valence-electron chi connectivity index (χ3n) is 1.73. The lowest BCUT2D eigenvalue weighted by molar-refractivity contribution is -0.277. The topological polar surface area (TPSA) is 42.4 Å². The van der Waals surface area contributed by atoms with Crippen LogP contribution in [0.15, 0.2) is 6.20 Å². The van der Waals surface area contributed by atoms with Crippen LogP contribution in [0.2, 0.25) is 0 Å². The Morgan fingerprint density at radius 3 is 2.17 bits per heavy atom. The number of pyridine rings is 1. The van der Waals surface area contributed by atoms with Gasteiger partial charge in [-0.15, -0.1) is 13.2 Å². The summed E-state index contributed by atoms with van der Waals surface area (Å²) in [6.45, 7) is -1.03. The van der Waals surface area contributed by atoms with Gasteiger partial charge in [-0.05, 0) is 22.6 Å². The van der Waals surface area contributed by atoms with Crippen molar-refractivity contribution in [1.29, 1.82) is 0 Å². The Balaban J connectivity index is 3.45. The van der Waals surface area contributed by atoms with Gasteiger partial charge in [0.25, 0.3) is 0 Å². The SMILES string of the molecule is OCc1c(I)cnc(C(F)(F)F)c1OC(F)(F)F. The van der Waals surface area contributed by atoms with Crippen LogP contribution < -0.4 is 4.74 Å². The van der Waals surface area contributed by atoms with Crippen molar-refractivity contribution in [1.82, 2.24) is 4.98 Å². The van der Waals surface area contributed by atoms with Gasteiger partial charge >= 0.3 is 12.5 Å². The van der Waals surface area contributed by atoms with Gasteiger partial charge in [-0.1, -0.05) is 0 Å². The third kappa shape index (κ3) is 3.60. The molecule has 0 aromatic carbocycles. The molecule has 102 valence electrons. The molecule has 0 spiro atoms. The maximum Gasteiger partial charge on any atom is 0.573 e. The molecule has 0 aliphatic rings. The number of hydrogen-bond acceptors (Lipinski definition) is 3. The minimum Gasteiger partial charge on any atom is -0.403 e. The smallest absolute Gasteiger partial charge is 0.403 e. The minimum absolute atomic E-state index is 0.0673. The maximum absolute atomic E-state index is 12.5. The second-order valence-corrected chi connectivity index (χ2v) is 4.13. The van der Waals surface area contributed by atoms with Gasteiger partial charge in [0.2, 0.25) is 0 Å². The quantitative estimate of drug-likeness (QED) is 0.627. The molecule has 0 atom stereocenters. The van der Waals surface area contributed by atoms with E-state index in [0.717, 1.165) is 0 Å². The average molecular weight is 387 g/mol. The Morgan fingerprint density at radius 1 is 1.22 bits per heavy atom. The lowest BCUT2D eigenvalue weighted by atomic mass is 10.2. The molecular formula is C8H4F6INO2. The zero-order valence-electron chi connectivity index (χ0n) is 8.23. The van der Waals surface area contributed by atoms with Crippen molar-refractivity contribution in [2.45, 2.75) is 19.1 Å². The van der Waals surface area contributed by atoms with Crippen LogP contribution >= 0.6 is 22.6 Å². The number of aliphatic hydroxyl groups is 1. The largest absolute Gasteiger partial charge is 0.573 e. The fourth-order valence-corrected chi connectivity index (χ4v) is 1.64. The Morgan fingerprint density at radius 2 is 1.78 bits per heavy atom. The van der Waals surface area contributed by atoms with E-state index in [1.165, 1.54) is 22.6 Å². The van der Waals surface area contributed by atoms with E-state index < -0.39 is 36.2 Å². The molecule has 0 radical (unpaired) electrons. The number of halogens is 7. The van der Waals surface area contributed by atoms with Gasteiger partial charge < -0.3 is 9.84 Å². The average Bonchev–Trinajstić information content (AvgIpc) is 2.13. The van der Waals surface area contributed by atoms with Crippen LogP contribution in [0.3, 0.4) is 0 Å². The van der Waals surface area contributed by atoms with E-state index in [1.54, 1.807) is 0 Å². The lowest BCUT2D eigenvalue weighted by Crippen LogP contribution is -2.22. The molecular weight excluding hydrogens is 383 g/mol. The molecule has 0 amide bonds. The van der Waals surface area contributed by atoms with Gasteiger partial charge in [0.1, 0.15) is 0 Å². The highest BCUT2D eigenvalue weighted by Crippen LogP contribution is 2.40. The van der Waals surface area contributed by atoms with Crippen LogP contribution in [0.5, 0.6) is 5.75 Å². The third-order valence-corrected chi connectivity index (χ3v) is 2.66. The van der Waals surface area contributed by atoms with E-state index in [1.807, 2.05) is 0 Å². The highest BCUT2D eigenvalue weighted by Gasteiger charge is 2.42. The molecule has 0 bridgehead atoms. The molecule has 0 aliphatic heterocycles. The van der Waals surface area contributed by atoms with E-state index in [4.69, 9.17) is 5.11 Å². The summed E-state index contributed by atoms with van der Waals surface area (Å²) >= 11 is 1.45. The number of aliphatic hydroxyl groups excluding tert-OH is 1. The summed E-state index contributed by atoms with van der Waals surface area (Å²) in [5.41, 5.74) is -2.44. The molecule has 1 rings (SSSR count). The number of hydrogen-bond donors (Lipinski definition) is 1. The summed E-state index contributed by atoms with van der Waals surface area (Å²) in [6.07, 6.45) is -9.72. The molecule has 0 fully saturated rings. The summed E-state index contributed by atoms with van der Waals surface area (Å²) in [6, 6.07) is 0. The number of ether oxygens (including phenoxy) is 1. The Hall–Kier alpha value is -0.780. The van der Waals surface area contributed by atoms with Gasteiger partial charge in [-0.3, -0.25) is 0 Å². The van der Waals surface area contributed by atoms with Crippen molar-refractivity contribution in [3.8, 4) is 5.75 Å². The standard InChI is InChI=1S/C8H4F6INO2/c9-7(10,11)6-5(18-8(12,13)14)3(2-17)4(15)1-16-6/h1,17H,2H2. The van der Waals surface area contributed by atoms with Crippen molar-refractivity contribution in [3.05, 3.63) is 21.0 Å². The first-order valence-corrected chi connectivity index (χ1v) is 5.25. The first kappa shape index (κ1) is 15.3. The van der Waals surface area contributed by atoms with Crippen LogP contribution in [-0.4, -0.2) is 16.5 Å². The van der Waals surface area contributed by atoms with E-state index in [2.05, 4.69) is 9.72 Å². The summed E-state index contributed by atoms with van der Waals surface area (Å²) in [7, 11) is 0. The number of alkyl halides is 6. The van der Waals surface area contributed by atoms with Crippen molar-refractivity contribution in [2.75, 3.05) is 0 Å². The zero-order valence-corrected chi connectivity index (χ0v) is 10.4. The van der Waals surface area contributed by atoms with E-state index in [9.17, 15) is 26.3 Å². The number of nitrogens with zero attached hydrogens (tertiary/aromatic N) is 1. The van der Waals surface area contributed by atoms with E-state index in [-0.39, 0.29) is 3.57 Å². The van der Waals surface area contributed by atoms with Crippen LogP contribution in [0.1, 0.15) is 11.3 Å². The fraction of sp³-hybridized carbons (Fsp3) is 0.375. The van der Waals surface area contributed by atoms with E-state index >= 15 is 0 Å². The highest BCUT2D eigenvalue weighted by atomic mass is 127. The van der Waals surface area contributed by atoms with E-state index in [0.29, 0.717) is 6.20 Å². The second kappa shape index (κ2) is 5.07. The predicted octanol–water partition coefficient (Wildman–Crippen LogP) is 3.10. The number of rotatable bonds is 2.